The molecule has 0 radical (unpaired) electrons. The highest BCUT2D eigenvalue weighted by molar-refractivity contribution is 6.04. The number of para-hydroxylation sites is 1. The Balaban J connectivity index is 1.46. The van der Waals surface area contributed by atoms with Gasteiger partial charge in [-0.3, -0.25) is 9.78 Å². The number of amides is 1. The molecule has 2 aromatic carbocycles. The number of carbonyl (C=O) groups excluding carboxylic acids is 1. The largest absolute Gasteiger partial charge is 0.417 e. The Morgan fingerprint density at radius 3 is 2.32 bits per heavy atom. The van der Waals surface area contributed by atoms with E-state index < -0.39 is 17.5 Å². The Morgan fingerprint density at radius 1 is 1.00 bits per heavy atom. The number of anilines is 1. The van der Waals surface area contributed by atoms with Crippen LogP contribution in [0, 0.1) is 0 Å². The summed E-state index contributed by atoms with van der Waals surface area (Å²) in [5.41, 5.74) is 0.978. The first-order valence-electron chi connectivity index (χ1n) is 8.66. The molecule has 3 aromatic rings. The van der Waals surface area contributed by atoms with Crippen LogP contribution in [-0.4, -0.2) is 42.0 Å². The van der Waals surface area contributed by atoms with Crippen LogP contribution >= 0.6 is 0 Å². The van der Waals surface area contributed by atoms with Gasteiger partial charge >= 0.3 is 11.9 Å². The van der Waals surface area contributed by atoms with Crippen molar-refractivity contribution in [2.75, 3.05) is 31.1 Å². The van der Waals surface area contributed by atoms with Gasteiger partial charge in [-0.25, -0.2) is 4.79 Å². The molecule has 1 saturated heterocycles. The van der Waals surface area contributed by atoms with E-state index in [4.69, 9.17) is 4.42 Å². The Kier molecular flexibility index (Phi) is 4.37. The highest BCUT2D eigenvalue weighted by Crippen LogP contribution is 2.30. The van der Waals surface area contributed by atoms with E-state index in [-0.39, 0.29) is 11.5 Å². The molecule has 1 fully saturated rings. The fraction of sp³-hybridized carbons (Fsp3) is 0.263. The summed E-state index contributed by atoms with van der Waals surface area (Å²) in [4.78, 5) is 30.3. The lowest BCUT2D eigenvalue weighted by molar-refractivity contribution is -0.137. The van der Waals surface area contributed by atoms with Crippen LogP contribution in [0.2, 0.25) is 0 Å². The SMILES string of the molecule is O=C(c1cccc2[nH]c(=O)oc12)N1CCN(c2ccc(C(F)(F)F)cc2)CC1. The van der Waals surface area contributed by atoms with Gasteiger partial charge in [0, 0.05) is 31.9 Å². The number of benzene rings is 2. The number of hydrogen-bond donors (Lipinski definition) is 1. The Bertz CT molecular complexity index is 1060. The molecule has 0 saturated carbocycles. The molecule has 1 aliphatic heterocycles. The summed E-state index contributed by atoms with van der Waals surface area (Å²) in [5.74, 6) is -0.872. The van der Waals surface area contributed by atoms with Crippen LogP contribution in [0.3, 0.4) is 0 Å². The molecule has 0 bridgehead atoms. The minimum Gasteiger partial charge on any atom is -0.407 e. The fourth-order valence-electron chi connectivity index (χ4n) is 3.34. The average molecular weight is 391 g/mol. The maximum atomic E-state index is 12.8. The van der Waals surface area contributed by atoms with Crippen LogP contribution in [0.4, 0.5) is 18.9 Å². The zero-order valence-corrected chi connectivity index (χ0v) is 14.6. The predicted octanol–water partition coefficient (Wildman–Crippen LogP) is 3.10. The standard InChI is InChI=1S/C19H16F3N3O3/c20-19(21,22)12-4-6-13(7-5-12)24-8-10-25(11-9-24)17(26)14-2-1-3-15-16(14)28-18(27)23-15/h1-7H,8-11H2,(H,23,27). The van der Waals surface area contributed by atoms with E-state index in [0.29, 0.717) is 42.9 Å². The number of nitrogens with one attached hydrogen (secondary N) is 1. The average Bonchev–Trinajstić information content (AvgIpc) is 3.07. The molecule has 1 aliphatic rings. The van der Waals surface area contributed by atoms with E-state index in [1.54, 1.807) is 23.1 Å². The molecule has 0 unspecified atom stereocenters. The van der Waals surface area contributed by atoms with Crippen molar-refractivity contribution in [3.05, 3.63) is 64.1 Å². The van der Waals surface area contributed by atoms with Crippen molar-refractivity contribution >= 4 is 22.7 Å². The number of aromatic amines is 1. The van der Waals surface area contributed by atoms with Gasteiger partial charge in [0.1, 0.15) is 0 Å². The molecule has 1 aromatic heterocycles. The van der Waals surface area contributed by atoms with Gasteiger partial charge in [0.15, 0.2) is 5.58 Å². The maximum Gasteiger partial charge on any atom is 0.417 e. The van der Waals surface area contributed by atoms with Crippen molar-refractivity contribution < 1.29 is 22.4 Å². The highest BCUT2D eigenvalue weighted by Gasteiger charge is 2.30. The van der Waals surface area contributed by atoms with Crippen molar-refractivity contribution in [3.8, 4) is 0 Å². The van der Waals surface area contributed by atoms with Gasteiger partial charge < -0.3 is 14.2 Å². The molecule has 9 heteroatoms. The van der Waals surface area contributed by atoms with Crippen LogP contribution < -0.4 is 10.7 Å². The summed E-state index contributed by atoms with van der Waals surface area (Å²) in [6, 6.07) is 9.91. The van der Waals surface area contributed by atoms with E-state index in [1.165, 1.54) is 12.1 Å². The van der Waals surface area contributed by atoms with Crippen molar-refractivity contribution in [2.45, 2.75) is 6.18 Å². The van der Waals surface area contributed by atoms with Gasteiger partial charge in [0.2, 0.25) is 0 Å². The molecule has 2 heterocycles. The van der Waals surface area contributed by atoms with Crippen LogP contribution in [0.5, 0.6) is 0 Å². The lowest BCUT2D eigenvalue weighted by Crippen LogP contribution is -2.48. The number of H-pyrrole nitrogens is 1. The summed E-state index contributed by atoms with van der Waals surface area (Å²) in [7, 11) is 0. The molecule has 28 heavy (non-hydrogen) atoms. The number of fused-ring (bicyclic) bond motifs is 1. The molecular formula is C19H16F3N3O3. The van der Waals surface area contributed by atoms with E-state index in [0.717, 1.165) is 12.1 Å². The summed E-state index contributed by atoms with van der Waals surface area (Å²) >= 11 is 0. The number of halogens is 3. The zero-order chi connectivity index (χ0) is 19.9. The van der Waals surface area contributed by atoms with Gasteiger partial charge in [-0.1, -0.05) is 6.07 Å². The van der Waals surface area contributed by atoms with Crippen LogP contribution in [0.1, 0.15) is 15.9 Å². The minimum absolute atomic E-state index is 0.225. The second-order valence-electron chi connectivity index (χ2n) is 6.52. The number of aromatic nitrogens is 1. The van der Waals surface area contributed by atoms with E-state index in [1.807, 2.05) is 4.90 Å². The minimum atomic E-state index is -4.36. The second-order valence-corrected chi connectivity index (χ2v) is 6.52. The summed E-state index contributed by atoms with van der Waals surface area (Å²) in [5, 5.41) is 0. The third-order valence-corrected chi connectivity index (χ3v) is 4.80. The first kappa shape index (κ1) is 18.1. The third kappa shape index (κ3) is 3.35. The smallest absolute Gasteiger partial charge is 0.407 e. The monoisotopic (exact) mass is 391 g/mol. The molecule has 1 amide bonds. The quantitative estimate of drug-likeness (QED) is 0.729. The summed E-state index contributed by atoms with van der Waals surface area (Å²) < 4.78 is 43.1. The first-order valence-corrected chi connectivity index (χ1v) is 8.66. The van der Waals surface area contributed by atoms with Crippen LogP contribution in [0.25, 0.3) is 11.1 Å². The lowest BCUT2D eigenvalue weighted by atomic mass is 10.1. The number of nitrogens with zero attached hydrogens (tertiary/aromatic N) is 2. The molecule has 0 spiro atoms. The number of oxazole rings is 1. The molecule has 0 aliphatic carbocycles. The maximum absolute atomic E-state index is 12.8. The van der Waals surface area contributed by atoms with Gasteiger partial charge in [0.05, 0.1) is 16.6 Å². The zero-order valence-electron chi connectivity index (χ0n) is 14.6. The van der Waals surface area contributed by atoms with E-state index in [9.17, 15) is 22.8 Å². The molecule has 146 valence electrons. The number of carbonyl (C=O) groups is 1. The Morgan fingerprint density at radius 2 is 1.68 bits per heavy atom. The number of hydrogen-bond acceptors (Lipinski definition) is 4. The topological polar surface area (TPSA) is 69.5 Å². The lowest BCUT2D eigenvalue weighted by Gasteiger charge is -2.36. The Labute approximate surface area is 157 Å². The first-order chi connectivity index (χ1) is 13.3. The van der Waals surface area contributed by atoms with Gasteiger partial charge in [-0.2, -0.15) is 13.2 Å². The molecule has 0 atom stereocenters. The number of piperazine rings is 1. The van der Waals surface area contributed by atoms with Crippen molar-refractivity contribution in [3.63, 3.8) is 0 Å². The van der Waals surface area contributed by atoms with Crippen molar-refractivity contribution in [1.29, 1.82) is 0 Å². The van der Waals surface area contributed by atoms with Gasteiger partial charge in [-0.05, 0) is 36.4 Å². The molecule has 6 nitrogen and oxygen atoms in total. The van der Waals surface area contributed by atoms with Gasteiger partial charge in [-0.15, -0.1) is 0 Å². The van der Waals surface area contributed by atoms with Crippen molar-refractivity contribution in [2.24, 2.45) is 0 Å². The molecule has 1 N–H and O–H groups in total. The highest BCUT2D eigenvalue weighted by atomic mass is 19.4. The normalized spacial score (nSPS) is 15.2. The number of alkyl halides is 3. The van der Waals surface area contributed by atoms with Crippen LogP contribution in [0.15, 0.2) is 51.7 Å². The fourth-order valence-corrected chi connectivity index (χ4v) is 3.34. The van der Waals surface area contributed by atoms with E-state index >= 15 is 0 Å². The summed E-state index contributed by atoms with van der Waals surface area (Å²) in [6.07, 6.45) is -4.36. The predicted molar refractivity (Wildman–Crippen MR) is 96.4 cm³/mol. The Hall–Kier alpha value is -3.23. The van der Waals surface area contributed by atoms with Gasteiger partial charge in [0.25, 0.3) is 5.91 Å². The van der Waals surface area contributed by atoms with E-state index in [2.05, 4.69) is 4.98 Å². The molecular weight excluding hydrogens is 375 g/mol. The van der Waals surface area contributed by atoms with Crippen LogP contribution in [-0.2, 0) is 6.18 Å². The number of rotatable bonds is 2. The third-order valence-electron chi connectivity index (χ3n) is 4.80. The second kappa shape index (κ2) is 6.74. The van der Waals surface area contributed by atoms with Crippen molar-refractivity contribution in [1.82, 2.24) is 9.88 Å². The molecule has 4 rings (SSSR count). The summed E-state index contributed by atoms with van der Waals surface area (Å²) in [6.45, 7) is 1.80.